The topological polar surface area (TPSA) is 29.3 Å². The van der Waals surface area contributed by atoms with Crippen molar-refractivity contribution in [3.05, 3.63) is 59.4 Å². The third-order valence-electron chi connectivity index (χ3n) is 3.21. The Kier molecular flexibility index (Phi) is 2.25. The number of hydrogen-bond acceptors (Lipinski definition) is 2. The predicted octanol–water partition coefficient (Wildman–Crippen LogP) is 2.93. The molecule has 0 unspecified atom stereocenters. The second kappa shape index (κ2) is 3.77. The summed E-state index contributed by atoms with van der Waals surface area (Å²) in [6.07, 6.45) is 0. The molecular weight excluding hydrogens is 215 g/mol. The standard InChI is InChI=1S/C14H13FN2/c15-12-6-3-7-13(14(12)16)17-8-10-4-1-2-5-11(10)9-17/h1-7H,8-9,16H2. The number of rotatable bonds is 1. The zero-order chi connectivity index (χ0) is 11.8. The minimum atomic E-state index is -0.349. The smallest absolute Gasteiger partial charge is 0.148 e. The van der Waals surface area contributed by atoms with Crippen LogP contribution in [-0.2, 0) is 13.1 Å². The van der Waals surface area contributed by atoms with Gasteiger partial charge in [0.15, 0.2) is 0 Å². The molecule has 0 atom stereocenters. The number of nitrogen functional groups attached to an aromatic ring is 1. The second-order valence-corrected chi connectivity index (χ2v) is 4.30. The molecule has 3 rings (SSSR count). The number of benzene rings is 2. The van der Waals surface area contributed by atoms with Crippen LogP contribution in [0, 0.1) is 5.82 Å². The van der Waals surface area contributed by atoms with Gasteiger partial charge in [-0.15, -0.1) is 0 Å². The van der Waals surface area contributed by atoms with Crippen LogP contribution in [0.25, 0.3) is 0 Å². The van der Waals surface area contributed by atoms with E-state index in [1.54, 1.807) is 6.07 Å². The molecule has 0 fully saturated rings. The van der Waals surface area contributed by atoms with Gasteiger partial charge in [-0.25, -0.2) is 4.39 Å². The van der Waals surface area contributed by atoms with Gasteiger partial charge in [0.25, 0.3) is 0 Å². The summed E-state index contributed by atoms with van der Waals surface area (Å²) in [5, 5.41) is 0. The Morgan fingerprint density at radius 1 is 0.941 bits per heavy atom. The van der Waals surface area contributed by atoms with E-state index >= 15 is 0 Å². The van der Waals surface area contributed by atoms with Gasteiger partial charge in [-0.3, -0.25) is 0 Å². The van der Waals surface area contributed by atoms with Crippen molar-refractivity contribution >= 4 is 11.4 Å². The highest BCUT2D eigenvalue weighted by Gasteiger charge is 2.20. The molecule has 0 saturated heterocycles. The molecule has 0 amide bonds. The first-order valence-electron chi connectivity index (χ1n) is 5.61. The molecule has 1 aliphatic heterocycles. The SMILES string of the molecule is Nc1c(F)cccc1N1Cc2ccccc2C1. The minimum Gasteiger partial charge on any atom is -0.395 e. The van der Waals surface area contributed by atoms with Crippen LogP contribution in [0.15, 0.2) is 42.5 Å². The van der Waals surface area contributed by atoms with Crippen LogP contribution in [-0.4, -0.2) is 0 Å². The third-order valence-corrected chi connectivity index (χ3v) is 3.21. The summed E-state index contributed by atoms with van der Waals surface area (Å²) >= 11 is 0. The molecule has 3 heteroatoms. The molecule has 1 aliphatic rings. The molecule has 0 spiro atoms. The van der Waals surface area contributed by atoms with E-state index in [1.807, 2.05) is 18.2 Å². The highest BCUT2D eigenvalue weighted by atomic mass is 19.1. The molecule has 86 valence electrons. The molecule has 0 aromatic heterocycles. The monoisotopic (exact) mass is 228 g/mol. The Morgan fingerprint density at radius 2 is 1.59 bits per heavy atom. The number of anilines is 2. The average Bonchev–Trinajstić information content (AvgIpc) is 2.76. The van der Waals surface area contributed by atoms with Crippen LogP contribution in [0.2, 0.25) is 0 Å². The van der Waals surface area contributed by atoms with Crippen molar-refractivity contribution in [3.63, 3.8) is 0 Å². The summed E-state index contributed by atoms with van der Waals surface area (Å²) in [6.45, 7) is 1.59. The van der Waals surface area contributed by atoms with Gasteiger partial charge < -0.3 is 10.6 Å². The number of hydrogen-bond donors (Lipinski definition) is 1. The maximum atomic E-state index is 13.4. The van der Waals surface area contributed by atoms with Crippen LogP contribution in [0.3, 0.4) is 0 Å². The zero-order valence-corrected chi connectivity index (χ0v) is 9.36. The molecule has 0 saturated carbocycles. The number of nitrogens with zero attached hydrogens (tertiary/aromatic N) is 1. The van der Waals surface area contributed by atoms with E-state index in [2.05, 4.69) is 17.0 Å². The number of nitrogens with two attached hydrogens (primary N) is 1. The van der Waals surface area contributed by atoms with Crippen LogP contribution in [0.5, 0.6) is 0 Å². The summed E-state index contributed by atoms with van der Waals surface area (Å²) in [6, 6.07) is 13.2. The zero-order valence-electron chi connectivity index (χ0n) is 9.36. The fraction of sp³-hybridized carbons (Fsp3) is 0.143. The molecule has 2 nitrogen and oxygen atoms in total. The van der Waals surface area contributed by atoms with Gasteiger partial charge in [0.2, 0.25) is 0 Å². The molecule has 2 N–H and O–H groups in total. The van der Waals surface area contributed by atoms with Crippen LogP contribution >= 0.6 is 0 Å². The summed E-state index contributed by atoms with van der Waals surface area (Å²) in [5.41, 5.74) is 9.37. The summed E-state index contributed by atoms with van der Waals surface area (Å²) in [7, 11) is 0. The molecule has 1 heterocycles. The predicted molar refractivity (Wildman–Crippen MR) is 67.1 cm³/mol. The van der Waals surface area contributed by atoms with Gasteiger partial charge in [-0.1, -0.05) is 30.3 Å². The molecule has 2 aromatic rings. The number of halogens is 1. The van der Waals surface area contributed by atoms with E-state index in [0.29, 0.717) is 0 Å². The Balaban J connectivity index is 1.97. The third kappa shape index (κ3) is 1.64. The van der Waals surface area contributed by atoms with E-state index < -0.39 is 0 Å². The lowest BCUT2D eigenvalue weighted by molar-refractivity contribution is 0.631. The molecule has 0 bridgehead atoms. The fourth-order valence-corrected chi connectivity index (χ4v) is 2.30. The maximum Gasteiger partial charge on any atom is 0.148 e. The number of fused-ring (bicyclic) bond motifs is 1. The summed E-state index contributed by atoms with van der Waals surface area (Å²) in [5.74, 6) is -0.349. The Morgan fingerprint density at radius 3 is 2.24 bits per heavy atom. The van der Waals surface area contributed by atoms with Gasteiger partial charge in [0.1, 0.15) is 5.82 Å². The lowest BCUT2D eigenvalue weighted by atomic mass is 10.1. The van der Waals surface area contributed by atoms with E-state index in [9.17, 15) is 4.39 Å². The highest BCUT2D eigenvalue weighted by Crippen LogP contribution is 2.32. The van der Waals surface area contributed by atoms with Crippen molar-refractivity contribution < 1.29 is 4.39 Å². The normalized spacial score (nSPS) is 13.8. The fourth-order valence-electron chi connectivity index (χ4n) is 2.30. The van der Waals surface area contributed by atoms with Crippen LogP contribution in [0.4, 0.5) is 15.8 Å². The maximum absolute atomic E-state index is 13.4. The largest absolute Gasteiger partial charge is 0.395 e. The van der Waals surface area contributed by atoms with Gasteiger partial charge in [0, 0.05) is 13.1 Å². The van der Waals surface area contributed by atoms with Gasteiger partial charge in [0.05, 0.1) is 11.4 Å². The second-order valence-electron chi connectivity index (χ2n) is 4.30. The minimum absolute atomic E-state index is 0.236. The molecule has 0 radical (unpaired) electrons. The van der Waals surface area contributed by atoms with Gasteiger partial charge in [-0.05, 0) is 23.3 Å². The van der Waals surface area contributed by atoms with Gasteiger partial charge in [-0.2, -0.15) is 0 Å². The lowest BCUT2D eigenvalue weighted by Gasteiger charge is -2.19. The van der Waals surface area contributed by atoms with Crippen molar-refractivity contribution in [1.29, 1.82) is 0 Å². The first kappa shape index (κ1) is 10.1. The highest BCUT2D eigenvalue weighted by molar-refractivity contribution is 5.69. The lowest BCUT2D eigenvalue weighted by Crippen LogP contribution is -2.16. The van der Waals surface area contributed by atoms with Crippen molar-refractivity contribution in [2.75, 3.05) is 10.6 Å². The van der Waals surface area contributed by atoms with Crippen molar-refractivity contribution in [1.82, 2.24) is 0 Å². The van der Waals surface area contributed by atoms with Crippen LogP contribution in [0.1, 0.15) is 11.1 Å². The molecule has 17 heavy (non-hydrogen) atoms. The molecule has 2 aromatic carbocycles. The van der Waals surface area contributed by atoms with Crippen molar-refractivity contribution in [2.24, 2.45) is 0 Å². The average molecular weight is 228 g/mol. The first-order chi connectivity index (χ1) is 8.25. The van der Waals surface area contributed by atoms with E-state index in [-0.39, 0.29) is 11.5 Å². The summed E-state index contributed by atoms with van der Waals surface area (Å²) in [4.78, 5) is 2.10. The Hall–Kier alpha value is -2.03. The van der Waals surface area contributed by atoms with Crippen molar-refractivity contribution in [2.45, 2.75) is 13.1 Å². The van der Waals surface area contributed by atoms with Crippen molar-refractivity contribution in [3.8, 4) is 0 Å². The number of para-hydroxylation sites is 1. The van der Waals surface area contributed by atoms with E-state index in [0.717, 1.165) is 18.8 Å². The van der Waals surface area contributed by atoms with Crippen LogP contribution < -0.4 is 10.6 Å². The molecular formula is C14H13FN2. The summed E-state index contributed by atoms with van der Waals surface area (Å²) < 4.78 is 13.4. The van der Waals surface area contributed by atoms with Gasteiger partial charge >= 0.3 is 0 Å². The van der Waals surface area contributed by atoms with E-state index in [4.69, 9.17) is 5.73 Å². The Labute approximate surface area is 99.5 Å². The Bertz CT molecular complexity index is 541. The quantitative estimate of drug-likeness (QED) is 0.760. The first-order valence-corrected chi connectivity index (χ1v) is 5.61. The van der Waals surface area contributed by atoms with E-state index in [1.165, 1.54) is 17.2 Å². The molecule has 0 aliphatic carbocycles.